The lowest BCUT2D eigenvalue weighted by Crippen LogP contribution is -2.46. The Hall–Kier alpha value is -3.28. The highest BCUT2D eigenvalue weighted by Crippen LogP contribution is 2.24. The summed E-state index contributed by atoms with van der Waals surface area (Å²) < 4.78 is 0. The number of hydrogen-bond acceptors (Lipinski definition) is 6. The molecule has 1 fully saturated rings. The smallest absolute Gasteiger partial charge is 0.229 e. The van der Waals surface area contributed by atoms with Crippen LogP contribution in [0.5, 0.6) is 0 Å². The van der Waals surface area contributed by atoms with Gasteiger partial charge in [0.2, 0.25) is 5.95 Å². The van der Waals surface area contributed by atoms with Crippen molar-refractivity contribution in [3.05, 3.63) is 72.0 Å². The first kappa shape index (κ1) is 22.4. The Kier molecular flexibility index (Phi) is 7.34. The van der Waals surface area contributed by atoms with Gasteiger partial charge in [-0.1, -0.05) is 42.5 Å². The molecular formula is C25H34N6. The van der Waals surface area contributed by atoms with Crippen LogP contribution in [0.2, 0.25) is 0 Å². The molecule has 2 heterocycles. The van der Waals surface area contributed by atoms with Gasteiger partial charge in [0.1, 0.15) is 11.6 Å². The van der Waals surface area contributed by atoms with Crippen LogP contribution in [0.15, 0.2) is 66.4 Å². The highest BCUT2D eigenvalue weighted by molar-refractivity contribution is 5.62. The molecule has 1 saturated heterocycles. The lowest BCUT2D eigenvalue weighted by Gasteiger charge is -2.37. The molecule has 0 saturated carbocycles. The van der Waals surface area contributed by atoms with Crippen LogP contribution in [0.1, 0.15) is 19.4 Å². The number of benzene rings is 1. The van der Waals surface area contributed by atoms with E-state index in [1.54, 1.807) is 0 Å². The average molecular weight is 419 g/mol. The molecule has 0 bridgehead atoms. The first-order valence-corrected chi connectivity index (χ1v) is 10.8. The zero-order chi connectivity index (χ0) is 22.4. The Morgan fingerprint density at radius 2 is 1.77 bits per heavy atom. The van der Waals surface area contributed by atoms with Gasteiger partial charge in [-0.2, -0.15) is 9.97 Å². The number of piperazine rings is 1. The number of rotatable bonds is 7. The third kappa shape index (κ3) is 5.87. The molecule has 1 aromatic carbocycles. The van der Waals surface area contributed by atoms with E-state index < -0.39 is 0 Å². The number of aryl methyl sites for hydroxylation is 1. The van der Waals surface area contributed by atoms with E-state index in [4.69, 9.17) is 9.97 Å². The van der Waals surface area contributed by atoms with Crippen LogP contribution >= 0.6 is 0 Å². The zero-order valence-electron chi connectivity index (χ0n) is 19.4. The molecule has 164 valence electrons. The highest BCUT2D eigenvalue weighted by atomic mass is 15.3. The molecule has 0 amide bonds. The highest BCUT2D eigenvalue weighted by Gasteiger charge is 2.21. The van der Waals surface area contributed by atoms with E-state index in [0.717, 1.165) is 55.1 Å². The van der Waals surface area contributed by atoms with Crippen LogP contribution in [0.3, 0.4) is 0 Å². The minimum atomic E-state index is 0.757. The van der Waals surface area contributed by atoms with Gasteiger partial charge in [-0.3, -0.25) is 0 Å². The minimum absolute atomic E-state index is 0.757. The average Bonchev–Trinajstić information content (AvgIpc) is 2.78. The normalized spacial score (nSPS) is 14.8. The molecular weight excluding hydrogens is 384 g/mol. The molecule has 1 aliphatic heterocycles. The second-order valence-electron chi connectivity index (χ2n) is 8.09. The van der Waals surface area contributed by atoms with Crippen LogP contribution in [-0.4, -0.2) is 55.1 Å². The van der Waals surface area contributed by atoms with Crippen molar-refractivity contribution in [2.75, 3.05) is 55.4 Å². The molecule has 6 heteroatoms. The van der Waals surface area contributed by atoms with Crippen molar-refractivity contribution >= 4 is 23.3 Å². The van der Waals surface area contributed by atoms with E-state index in [0.29, 0.717) is 0 Å². The van der Waals surface area contributed by atoms with Gasteiger partial charge in [-0.05, 0) is 38.5 Å². The van der Waals surface area contributed by atoms with Gasteiger partial charge >= 0.3 is 0 Å². The number of nitrogens with zero attached hydrogens (tertiary/aromatic N) is 5. The summed E-state index contributed by atoms with van der Waals surface area (Å²) >= 11 is 0. The van der Waals surface area contributed by atoms with E-state index in [9.17, 15) is 0 Å². The Labute approximate surface area is 186 Å². The summed E-state index contributed by atoms with van der Waals surface area (Å²) in [7, 11) is 4.01. The van der Waals surface area contributed by atoms with Crippen LogP contribution in [0.25, 0.3) is 0 Å². The summed E-state index contributed by atoms with van der Waals surface area (Å²) in [4.78, 5) is 16.2. The Morgan fingerprint density at radius 1 is 1.10 bits per heavy atom. The van der Waals surface area contributed by atoms with E-state index in [1.807, 2.05) is 38.1 Å². The zero-order valence-corrected chi connectivity index (χ0v) is 19.4. The first-order chi connectivity index (χ1) is 14.9. The van der Waals surface area contributed by atoms with E-state index in [-0.39, 0.29) is 0 Å². The van der Waals surface area contributed by atoms with Gasteiger partial charge in [0.05, 0.1) is 0 Å². The molecule has 3 rings (SSSR count). The summed E-state index contributed by atoms with van der Waals surface area (Å²) in [6.07, 6.45) is 6.20. The number of nitrogens with one attached hydrogen (secondary N) is 1. The maximum absolute atomic E-state index is 4.82. The molecule has 0 atom stereocenters. The Bertz CT molecular complexity index is 950. The third-order valence-corrected chi connectivity index (χ3v) is 5.42. The SMILES string of the molecule is C=C(/C(C)=C\C=C/C)N1CCN(c2nc(Nc3ccc(C)cc3)cc(N(C)C)n2)CC1. The van der Waals surface area contributed by atoms with E-state index >= 15 is 0 Å². The molecule has 2 aromatic rings. The van der Waals surface area contributed by atoms with Gasteiger partial charge < -0.3 is 20.0 Å². The lowest BCUT2D eigenvalue weighted by atomic mass is 10.1. The molecule has 1 aliphatic rings. The second-order valence-corrected chi connectivity index (χ2v) is 8.09. The molecule has 31 heavy (non-hydrogen) atoms. The molecule has 6 nitrogen and oxygen atoms in total. The van der Waals surface area contributed by atoms with Gasteiger partial charge in [0.25, 0.3) is 0 Å². The van der Waals surface area contributed by atoms with Crippen molar-refractivity contribution in [2.24, 2.45) is 0 Å². The van der Waals surface area contributed by atoms with Crippen LogP contribution in [0, 0.1) is 6.92 Å². The Morgan fingerprint density at radius 3 is 2.39 bits per heavy atom. The lowest BCUT2D eigenvalue weighted by molar-refractivity contribution is 0.326. The van der Waals surface area contributed by atoms with Gasteiger partial charge in [-0.15, -0.1) is 0 Å². The number of anilines is 4. The topological polar surface area (TPSA) is 47.5 Å². The summed E-state index contributed by atoms with van der Waals surface area (Å²) in [5, 5.41) is 3.42. The van der Waals surface area contributed by atoms with Crippen molar-refractivity contribution < 1.29 is 0 Å². The number of hydrogen-bond donors (Lipinski definition) is 1. The fourth-order valence-electron chi connectivity index (χ4n) is 3.40. The summed E-state index contributed by atoms with van der Waals surface area (Å²) in [5.41, 5.74) is 4.53. The van der Waals surface area contributed by atoms with Crippen LogP contribution in [0.4, 0.5) is 23.3 Å². The van der Waals surface area contributed by atoms with Crippen molar-refractivity contribution in [2.45, 2.75) is 20.8 Å². The maximum Gasteiger partial charge on any atom is 0.229 e. The summed E-state index contributed by atoms with van der Waals surface area (Å²) in [6, 6.07) is 10.3. The van der Waals surface area contributed by atoms with Crippen molar-refractivity contribution in [3.8, 4) is 0 Å². The molecule has 1 N–H and O–H groups in total. The fourth-order valence-corrected chi connectivity index (χ4v) is 3.40. The van der Waals surface area contributed by atoms with Gasteiger partial charge in [0, 0.05) is 57.7 Å². The Balaban J connectivity index is 1.74. The number of aromatic nitrogens is 2. The van der Waals surface area contributed by atoms with Gasteiger partial charge in [0.15, 0.2) is 0 Å². The van der Waals surface area contributed by atoms with E-state index in [1.165, 1.54) is 11.1 Å². The molecule has 0 spiro atoms. The van der Waals surface area contributed by atoms with Crippen LogP contribution < -0.4 is 15.1 Å². The van der Waals surface area contributed by atoms with Crippen LogP contribution in [-0.2, 0) is 0 Å². The predicted octanol–water partition coefficient (Wildman–Crippen LogP) is 4.75. The number of allylic oxidation sites excluding steroid dienone is 4. The minimum Gasteiger partial charge on any atom is -0.368 e. The molecule has 1 aromatic heterocycles. The summed E-state index contributed by atoms with van der Waals surface area (Å²) in [6.45, 7) is 14.0. The van der Waals surface area contributed by atoms with Crippen molar-refractivity contribution in [1.29, 1.82) is 0 Å². The molecule has 0 aliphatic carbocycles. The summed E-state index contributed by atoms with van der Waals surface area (Å²) in [5.74, 6) is 2.44. The third-order valence-electron chi connectivity index (χ3n) is 5.42. The van der Waals surface area contributed by atoms with Gasteiger partial charge in [-0.25, -0.2) is 0 Å². The molecule has 0 unspecified atom stereocenters. The largest absolute Gasteiger partial charge is 0.368 e. The molecule has 0 radical (unpaired) electrons. The van der Waals surface area contributed by atoms with E-state index in [2.05, 4.69) is 72.0 Å². The monoisotopic (exact) mass is 418 g/mol. The quantitative estimate of drug-likeness (QED) is 0.655. The van der Waals surface area contributed by atoms with Crippen molar-refractivity contribution in [1.82, 2.24) is 14.9 Å². The standard InChI is InChI=1S/C25H34N6/c1-7-8-9-20(3)21(4)30-14-16-31(17-15-30)25-27-23(18-24(28-25)29(5)6)26-22-12-10-19(2)11-13-22/h7-13,18H,4,14-17H2,1-3,5-6H3,(H,26,27,28)/b8-7-,20-9-. The maximum atomic E-state index is 4.82. The predicted molar refractivity (Wildman–Crippen MR) is 132 cm³/mol. The second kappa shape index (κ2) is 10.2. The van der Waals surface area contributed by atoms with Crippen molar-refractivity contribution in [3.63, 3.8) is 0 Å². The first-order valence-electron chi connectivity index (χ1n) is 10.8. The fraction of sp³-hybridized carbons (Fsp3) is 0.360.